The van der Waals surface area contributed by atoms with Crippen LogP contribution >= 0.6 is 0 Å². The van der Waals surface area contributed by atoms with Gasteiger partial charge in [0.05, 0.1) is 12.2 Å². The van der Waals surface area contributed by atoms with Gasteiger partial charge < -0.3 is 15.5 Å². The van der Waals surface area contributed by atoms with Crippen LogP contribution in [-0.4, -0.2) is 11.5 Å². The zero-order valence-corrected chi connectivity index (χ0v) is 8.37. The predicted octanol–water partition coefficient (Wildman–Crippen LogP) is 1.56. The number of oxazole rings is 1. The molecule has 74 valence electrons. The van der Waals surface area contributed by atoms with Gasteiger partial charge >= 0.3 is 0 Å². The highest BCUT2D eigenvalue weighted by Crippen LogP contribution is 2.14. The number of aromatic nitrogens is 1. The predicted molar refractivity (Wildman–Crippen MR) is 52.2 cm³/mol. The number of nitrogens with zero attached hydrogens (tertiary/aromatic N) is 1. The fraction of sp³-hybridized carbons (Fsp3) is 0.667. The average molecular weight is 183 g/mol. The number of hydrogen-bond donors (Lipinski definition) is 2. The van der Waals surface area contributed by atoms with Crippen molar-refractivity contribution in [2.45, 2.75) is 26.8 Å². The van der Waals surface area contributed by atoms with Crippen LogP contribution in [0, 0.1) is 5.92 Å². The molecule has 1 atom stereocenters. The summed E-state index contributed by atoms with van der Waals surface area (Å²) in [5.74, 6) is 1.42. The third-order valence-corrected chi connectivity index (χ3v) is 1.80. The summed E-state index contributed by atoms with van der Waals surface area (Å²) in [6.45, 7) is 7.31. The topological polar surface area (TPSA) is 64.1 Å². The first-order valence-electron chi connectivity index (χ1n) is 4.54. The highest BCUT2D eigenvalue weighted by atomic mass is 16.4. The van der Waals surface area contributed by atoms with Gasteiger partial charge in [0, 0.05) is 0 Å². The molecule has 1 heterocycles. The lowest BCUT2D eigenvalue weighted by Crippen LogP contribution is -2.22. The molecule has 0 aromatic carbocycles. The zero-order chi connectivity index (χ0) is 9.84. The Morgan fingerprint density at radius 2 is 2.23 bits per heavy atom. The van der Waals surface area contributed by atoms with Gasteiger partial charge in [0.15, 0.2) is 0 Å². The molecule has 0 aliphatic heterocycles. The van der Waals surface area contributed by atoms with E-state index in [4.69, 9.17) is 10.2 Å². The molecule has 1 aromatic heterocycles. The maximum atomic E-state index is 5.37. The Labute approximate surface area is 78.5 Å². The lowest BCUT2D eigenvalue weighted by Gasteiger charge is -2.12. The van der Waals surface area contributed by atoms with E-state index in [9.17, 15) is 0 Å². The van der Waals surface area contributed by atoms with Gasteiger partial charge in [0.1, 0.15) is 5.76 Å². The molecule has 0 spiro atoms. The van der Waals surface area contributed by atoms with E-state index >= 15 is 0 Å². The normalized spacial score (nSPS) is 13.5. The van der Waals surface area contributed by atoms with E-state index in [1.165, 1.54) is 0 Å². The monoisotopic (exact) mass is 183 g/mol. The first-order chi connectivity index (χ1) is 6.09. The average Bonchev–Trinajstić information content (AvgIpc) is 2.47. The Balaban J connectivity index is 2.44. The second-order valence-corrected chi connectivity index (χ2v) is 3.62. The van der Waals surface area contributed by atoms with E-state index in [2.05, 4.69) is 24.1 Å². The van der Waals surface area contributed by atoms with Crippen molar-refractivity contribution < 1.29 is 4.42 Å². The van der Waals surface area contributed by atoms with Gasteiger partial charge in [-0.05, 0) is 19.4 Å². The molecule has 1 unspecified atom stereocenters. The van der Waals surface area contributed by atoms with E-state index in [0.717, 1.165) is 12.3 Å². The third-order valence-electron chi connectivity index (χ3n) is 1.80. The summed E-state index contributed by atoms with van der Waals surface area (Å²) in [4.78, 5) is 3.84. The van der Waals surface area contributed by atoms with Crippen molar-refractivity contribution >= 4 is 6.01 Å². The van der Waals surface area contributed by atoms with Crippen LogP contribution in [0.1, 0.15) is 32.6 Å². The molecule has 0 amide bonds. The van der Waals surface area contributed by atoms with E-state index in [1.807, 2.05) is 6.92 Å². The number of nitrogens with two attached hydrogens (primary N) is 1. The van der Waals surface area contributed by atoms with Gasteiger partial charge in [-0.3, -0.25) is 0 Å². The molecule has 0 saturated heterocycles. The first kappa shape index (κ1) is 10.1. The third kappa shape index (κ3) is 3.06. The van der Waals surface area contributed by atoms with Crippen LogP contribution < -0.4 is 11.1 Å². The molecule has 0 aliphatic rings. The Bertz CT molecular complexity index is 257. The van der Waals surface area contributed by atoms with Crippen molar-refractivity contribution in [2.75, 3.05) is 12.3 Å². The first-order valence-corrected chi connectivity index (χ1v) is 4.54. The van der Waals surface area contributed by atoms with Gasteiger partial charge in [0.2, 0.25) is 0 Å². The zero-order valence-electron chi connectivity index (χ0n) is 8.37. The van der Waals surface area contributed by atoms with Crippen LogP contribution in [-0.2, 0) is 0 Å². The Kier molecular flexibility index (Phi) is 3.31. The van der Waals surface area contributed by atoms with Crippen molar-refractivity contribution in [1.82, 2.24) is 10.3 Å². The van der Waals surface area contributed by atoms with Gasteiger partial charge in [-0.25, -0.2) is 4.98 Å². The molecule has 1 aromatic rings. The van der Waals surface area contributed by atoms with Crippen molar-refractivity contribution in [1.29, 1.82) is 0 Å². The molecular formula is C9H17N3O. The van der Waals surface area contributed by atoms with E-state index in [1.54, 1.807) is 6.20 Å². The van der Waals surface area contributed by atoms with Gasteiger partial charge in [-0.1, -0.05) is 13.8 Å². The van der Waals surface area contributed by atoms with Crippen LogP contribution in [0.2, 0.25) is 0 Å². The Hall–Kier alpha value is -1.03. The summed E-state index contributed by atoms with van der Waals surface area (Å²) < 4.78 is 5.18. The van der Waals surface area contributed by atoms with Crippen LogP contribution in [0.4, 0.5) is 6.01 Å². The van der Waals surface area contributed by atoms with E-state index < -0.39 is 0 Å². The fourth-order valence-corrected chi connectivity index (χ4v) is 1.01. The summed E-state index contributed by atoms with van der Waals surface area (Å²) in [5.41, 5.74) is 5.37. The lowest BCUT2D eigenvalue weighted by atomic mass is 10.2. The van der Waals surface area contributed by atoms with Crippen LogP contribution in [0.5, 0.6) is 0 Å². The van der Waals surface area contributed by atoms with Gasteiger partial charge in [0.25, 0.3) is 6.01 Å². The second-order valence-electron chi connectivity index (χ2n) is 3.62. The number of anilines is 1. The van der Waals surface area contributed by atoms with Crippen LogP contribution in [0.3, 0.4) is 0 Å². The SMILES string of the molecule is CC(C)CNC(C)c1cnc(N)o1. The minimum absolute atomic E-state index is 0.173. The van der Waals surface area contributed by atoms with Gasteiger partial charge in [-0.2, -0.15) is 0 Å². The molecular weight excluding hydrogens is 166 g/mol. The number of rotatable bonds is 4. The van der Waals surface area contributed by atoms with Crippen molar-refractivity contribution in [3.05, 3.63) is 12.0 Å². The Morgan fingerprint density at radius 3 is 2.69 bits per heavy atom. The number of nitrogen functional groups attached to an aromatic ring is 1. The molecule has 1 rings (SSSR count). The van der Waals surface area contributed by atoms with Crippen molar-refractivity contribution in [2.24, 2.45) is 5.92 Å². The largest absolute Gasteiger partial charge is 0.427 e. The summed E-state index contributed by atoms with van der Waals surface area (Å²) in [5, 5.41) is 3.32. The van der Waals surface area contributed by atoms with Crippen LogP contribution in [0.25, 0.3) is 0 Å². The minimum Gasteiger partial charge on any atom is -0.427 e. The molecule has 3 N–H and O–H groups in total. The minimum atomic E-state index is 0.173. The molecule has 0 saturated carbocycles. The molecule has 4 nitrogen and oxygen atoms in total. The lowest BCUT2D eigenvalue weighted by molar-refractivity contribution is 0.418. The standard InChI is InChI=1S/C9H17N3O/c1-6(2)4-11-7(3)8-5-12-9(10)13-8/h5-7,11H,4H2,1-3H3,(H2,10,12). The van der Waals surface area contributed by atoms with Crippen molar-refractivity contribution in [3.63, 3.8) is 0 Å². The summed E-state index contributed by atoms with van der Waals surface area (Å²) in [6.07, 6.45) is 1.66. The van der Waals surface area contributed by atoms with Gasteiger partial charge in [-0.15, -0.1) is 0 Å². The molecule has 0 bridgehead atoms. The van der Waals surface area contributed by atoms with Crippen LogP contribution in [0.15, 0.2) is 10.6 Å². The van der Waals surface area contributed by atoms with Crippen molar-refractivity contribution in [3.8, 4) is 0 Å². The molecule has 4 heteroatoms. The highest BCUT2D eigenvalue weighted by Gasteiger charge is 2.09. The maximum Gasteiger partial charge on any atom is 0.292 e. The highest BCUT2D eigenvalue weighted by molar-refractivity contribution is 5.12. The quantitative estimate of drug-likeness (QED) is 0.743. The smallest absolute Gasteiger partial charge is 0.292 e. The number of hydrogen-bond acceptors (Lipinski definition) is 4. The molecule has 0 fully saturated rings. The summed E-state index contributed by atoms with van der Waals surface area (Å²) in [7, 11) is 0. The Morgan fingerprint density at radius 1 is 1.54 bits per heavy atom. The van der Waals surface area contributed by atoms with E-state index in [-0.39, 0.29) is 12.1 Å². The number of nitrogens with one attached hydrogen (secondary N) is 1. The molecule has 13 heavy (non-hydrogen) atoms. The molecule has 0 radical (unpaired) electrons. The maximum absolute atomic E-state index is 5.37. The fourth-order valence-electron chi connectivity index (χ4n) is 1.01. The molecule has 0 aliphatic carbocycles. The summed E-state index contributed by atoms with van der Waals surface area (Å²) >= 11 is 0. The van der Waals surface area contributed by atoms with E-state index in [0.29, 0.717) is 5.92 Å². The second kappa shape index (κ2) is 4.28. The summed E-state index contributed by atoms with van der Waals surface area (Å²) in [6, 6.07) is 0.403.